The molecular weight excluding hydrogens is 574 g/mol. The Morgan fingerprint density at radius 3 is 1.59 bits per heavy atom. The summed E-state index contributed by atoms with van der Waals surface area (Å²) in [5, 5.41) is 9.23. The Bertz CT molecular complexity index is 1330. The molecule has 0 aliphatic heterocycles. The Labute approximate surface area is 267 Å². The maximum atomic E-state index is 12.7. The first kappa shape index (κ1) is 34.7. The zero-order valence-electron chi connectivity index (χ0n) is 25.8. The van der Waals surface area contributed by atoms with Crippen LogP contribution in [0.15, 0.2) is 66.7 Å². The lowest BCUT2D eigenvalue weighted by Crippen LogP contribution is -2.10. The molecule has 3 rings (SSSR count). The normalized spacial score (nSPS) is 10.7. The van der Waals surface area contributed by atoms with Gasteiger partial charge in [-0.25, -0.2) is 9.59 Å². The van der Waals surface area contributed by atoms with Crippen LogP contribution in [0.2, 0.25) is 5.02 Å². The lowest BCUT2D eigenvalue weighted by atomic mass is 10.0. The van der Waals surface area contributed by atoms with Gasteiger partial charge in [0.05, 0.1) is 34.4 Å². The van der Waals surface area contributed by atoms with Crippen molar-refractivity contribution in [2.24, 2.45) is 0 Å². The van der Waals surface area contributed by atoms with Crippen molar-refractivity contribution in [2.75, 3.05) is 6.61 Å². The third-order valence-electron chi connectivity index (χ3n) is 7.42. The summed E-state index contributed by atoms with van der Waals surface area (Å²) in [5.41, 5.74) is 1.06. The maximum absolute atomic E-state index is 12.7. The van der Waals surface area contributed by atoms with E-state index in [1.54, 1.807) is 36.4 Å². The molecule has 3 aromatic carbocycles. The fourth-order valence-electron chi connectivity index (χ4n) is 4.81. The molecule has 0 aromatic heterocycles. The van der Waals surface area contributed by atoms with E-state index in [1.807, 2.05) is 6.07 Å². The molecule has 44 heavy (non-hydrogen) atoms. The second-order valence-electron chi connectivity index (χ2n) is 11.0. The van der Waals surface area contributed by atoms with Crippen molar-refractivity contribution < 1.29 is 23.8 Å². The Morgan fingerprint density at radius 1 is 0.636 bits per heavy atom. The molecule has 0 fully saturated rings. The first-order valence-corrected chi connectivity index (χ1v) is 16.3. The summed E-state index contributed by atoms with van der Waals surface area (Å²) in [6.07, 6.45) is 18.3. The highest BCUT2D eigenvalue weighted by Crippen LogP contribution is 2.27. The number of esters is 2. The molecule has 0 aliphatic rings. The van der Waals surface area contributed by atoms with Crippen molar-refractivity contribution in [2.45, 2.75) is 96.8 Å². The molecule has 0 saturated heterocycles. The monoisotopic (exact) mass is 617 g/mol. The quantitative estimate of drug-likeness (QED) is 0.0712. The van der Waals surface area contributed by atoms with Gasteiger partial charge < -0.3 is 14.2 Å². The number of ether oxygens (including phenoxy) is 3. The number of carbonyl (C=O) groups is 2. The van der Waals surface area contributed by atoms with Gasteiger partial charge in [0.1, 0.15) is 17.2 Å². The minimum atomic E-state index is -0.571. The fourth-order valence-corrected chi connectivity index (χ4v) is 5.05. The molecule has 6 nitrogen and oxygen atoms in total. The molecule has 0 aliphatic carbocycles. The van der Waals surface area contributed by atoms with Crippen molar-refractivity contribution in [3.63, 3.8) is 0 Å². The van der Waals surface area contributed by atoms with E-state index in [1.165, 1.54) is 107 Å². The third kappa shape index (κ3) is 12.8. The molecule has 0 atom stereocenters. The lowest BCUT2D eigenvalue weighted by Gasteiger charge is -2.10. The van der Waals surface area contributed by atoms with Crippen LogP contribution in [0, 0.1) is 11.3 Å². The van der Waals surface area contributed by atoms with Crippen LogP contribution in [0.4, 0.5) is 0 Å². The van der Waals surface area contributed by atoms with Gasteiger partial charge in [0.2, 0.25) is 0 Å². The first-order chi connectivity index (χ1) is 21.5. The highest BCUT2D eigenvalue weighted by Gasteiger charge is 2.14. The topological polar surface area (TPSA) is 85.6 Å². The number of rotatable bonds is 20. The van der Waals surface area contributed by atoms with E-state index in [0.29, 0.717) is 34.3 Å². The van der Waals surface area contributed by atoms with Crippen LogP contribution in [-0.2, 0) is 0 Å². The smallest absolute Gasteiger partial charge is 0.343 e. The highest BCUT2D eigenvalue weighted by molar-refractivity contribution is 6.32. The van der Waals surface area contributed by atoms with Crippen LogP contribution in [0.3, 0.4) is 0 Å². The van der Waals surface area contributed by atoms with Gasteiger partial charge in [-0.15, -0.1) is 0 Å². The SMILES string of the molecule is CCCCCCCCCCCCCCCCOc1ccc(C(=O)Oc2ccc(C(=O)Oc3ccc(C#N)cc3)cc2)cc1Cl. The van der Waals surface area contributed by atoms with E-state index in [2.05, 4.69) is 6.92 Å². The highest BCUT2D eigenvalue weighted by atomic mass is 35.5. The summed E-state index contributed by atoms with van der Waals surface area (Å²) < 4.78 is 16.6. The van der Waals surface area contributed by atoms with Crippen molar-refractivity contribution in [3.8, 4) is 23.3 Å². The molecule has 0 amide bonds. The zero-order chi connectivity index (χ0) is 31.4. The van der Waals surface area contributed by atoms with Crippen LogP contribution in [-0.4, -0.2) is 18.5 Å². The van der Waals surface area contributed by atoms with Crippen molar-refractivity contribution in [1.82, 2.24) is 0 Å². The lowest BCUT2D eigenvalue weighted by molar-refractivity contribution is 0.0730. The van der Waals surface area contributed by atoms with Gasteiger partial charge in [-0.05, 0) is 73.2 Å². The first-order valence-electron chi connectivity index (χ1n) is 16.0. The average Bonchev–Trinajstić information content (AvgIpc) is 3.04. The van der Waals surface area contributed by atoms with Crippen molar-refractivity contribution in [1.29, 1.82) is 5.26 Å². The van der Waals surface area contributed by atoms with Crippen LogP contribution >= 0.6 is 11.6 Å². The molecule has 3 aromatic rings. The molecule has 0 heterocycles. The largest absolute Gasteiger partial charge is 0.492 e. The average molecular weight is 618 g/mol. The van der Waals surface area contributed by atoms with Crippen molar-refractivity contribution in [3.05, 3.63) is 88.4 Å². The summed E-state index contributed by atoms with van der Waals surface area (Å²) in [6.45, 7) is 2.85. The number of nitriles is 1. The second kappa shape index (κ2) is 20.2. The molecule has 0 bridgehead atoms. The van der Waals surface area contributed by atoms with Crippen molar-refractivity contribution >= 4 is 23.5 Å². The van der Waals surface area contributed by atoms with Gasteiger partial charge in [0.25, 0.3) is 0 Å². The number of carbonyl (C=O) groups excluding carboxylic acids is 2. The van der Waals surface area contributed by atoms with Gasteiger partial charge in [-0.1, -0.05) is 102 Å². The Kier molecular flexibility index (Phi) is 15.9. The van der Waals surface area contributed by atoms with Gasteiger partial charge in [0, 0.05) is 0 Å². The number of nitrogens with zero attached hydrogens (tertiary/aromatic N) is 1. The maximum Gasteiger partial charge on any atom is 0.343 e. The predicted octanol–water partition coefficient (Wildman–Crippen LogP) is 10.5. The summed E-state index contributed by atoms with van der Waals surface area (Å²) in [7, 11) is 0. The van der Waals surface area contributed by atoms with Gasteiger partial charge >= 0.3 is 11.9 Å². The molecular formula is C37H44ClNO5. The predicted molar refractivity (Wildman–Crippen MR) is 175 cm³/mol. The number of halogens is 1. The van der Waals surface area contributed by atoms with Crippen LogP contribution < -0.4 is 14.2 Å². The van der Waals surface area contributed by atoms with E-state index >= 15 is 0 Å². The van der Waals surface area contributed by atoms with Crippen LogP contribution in [0.1, 0.15) is 123 Å². The summed E-state index contributed by atoms with van der Waals surface area (Å²) >= 11 is 6.38. The second-order valence-corrected chi connectivity index (χ2v) is 11.4. The number of benzene rings is 3. The fraction of sp³-hybridized carbons (Fsp3) is 0.432. The van der Waals surface area contributed by atoms with E-state index in [-0.39, 0.29) is 11.3 Å². The van der Waals surface area contributed by atoms with E-state index in [0.717, 1.165) is 12.8 Å². The summed E-state index contributed by atoms with van der Waals surface area (Å²) in [4.78, 5) is 25.1. The Morgan fingerprint density at radius 2 is 1.09 bits per heavy atom. The van der Waals surface area contributed by atoms with Gasteiger partial charge in [-0.2, -0.15) is 5.26 Å². The van der Waals surface area contributed by atoms with E-state index < -0.39 is 11.9 Å². The molecule has 0 radical (unpaired) electrons. The minimum Gasteiger partial charge on any atom is -0.492 e. The minimum absolute atomic E-state index is 0.277. The van der Waals surface area contributed by atoms with Gasteiger partial charge in [0.15, 0.2) is 0 Å². The number of hydrogen-bond acceptors (Lipinski definition) is 6. The summed E-state index contributed by atoms with van der Waals surface area (Å²) in [6, 6.07) is 19.1. The molecule has 0 unspecified atom stereocenters. The molecule has 0 spiro atoms. The zero-order valence-corrected chi connectivity index (χ0v) is 26.6. The molecule has 234 valence electrons. The summed E-state index contributed by atoms with van der Waals surface area (Å²) in [5.74, 6) is 0.0120. The van der Waals surface area contributed by atoms with E-state index in [9.17, 15) is 9.59 Å². The third-order valence-corrected chi connectivity index (χ3v) is 7.71. The number of hydrogen-bond donors (Lipinski definition) is 0. The Balaban J connectivity index is 1.30. The Hall–Kier alpha value is -3.82. The molecule has 7 heteroatoms. The standard InChI is InChI=1S/C37H44ClNO5/c1-2-3-4-5-6-7-8-9-10-11-12-13-14-15-26-42-35-25-20-31(27-34(35)38)37(41)44-33-23-18-30(19-24-33)36(40)43-32-21-16-29(28-39)17-22-32/h16-25,27H,2-15,26H2,1H3. The van der Waals surface area contributed by atoms with Crippen LogP contribution in [0.5, 0.6) is 17.2 Å². The van der Waals surface area contributed by atoms with Crippen LogP contribution in [0.25, 0.3) is 0 Å². The molecule has 0 N–H and O–H groups in total. The number of unbranched alkanes of at least 4 members (excludes halogenated alkanes) is 13. The molecule has 0 saturated carbocycles. The van der Waals surface area contributed by atoms with E-state index in [4.69, 9.17) is 31.1 Å². The van der Waals surface area contributed by atoms with Gasteiger partial charge in [-0.3, -0.25) is 0 Å².